The first-order valence-electron chi connectivity index (χ1n) is 8.28. The van der Waals surface area contributed by atoms with Gasteiger partial charge in [-0.3, -0.25) is 0 Å². The fourth-order valence-electron chi connectivity index (χ4n) is 2.28. The van der Waals surface area contributed by atoms with Crippen LogP contribution in [0.1, 0.15) is 43.6 Å². The van der Waals surface area contributed by atoms with Crippen molar-refractivity contribution in [3.05, 3.63) is 65.7 Å². The van der Waals surface area contributed by atoms with Crippen molar-refractivity contribution in [3.63, 3.8) is 0 Å². The Morgan fingerprint density at radius 1 is 0.920 bits per heavy atom. The molecule has 0 aliphatic carbocycles. The van der Waals surface area contributed by atoms with Gasteiger partial charge in [-0.15, -0.1) is 5.23 Å². The number of anilines is 1. The van der Waals surface area contributed by atoms with Crippen LogP contribution in [-0.4, -0.2) is 17.2 Å². The molecule has 5 heteroatoms. The minimum absolute atomic E-state index is 0.252. The Morgan fingerprint density at radius 3 is 2.04 bits per heavy atom. The van der Waals surface area contributed by atoms with Gasteiger partial charge in [0, 0.05) is 0 Å². The van der Waals surface area contributed by atoms with Gasteiger partial charge in [0.1, 0.15) is 17.8 Å². The molecular weight excluding hydrogens is 318 g/mol. The molecule has 0 atom stereocenters. The molecule has 5 nitrogen and oxygen atoms in total. The minimum atomic E-state index is -0.458. The van der Waals surface area contributed by atoms with Gasteiger partial charge in [-0.05, 0) is 57.5 Å². The zero-order chi connectivity index (χ0) is 18.1. The summed E-state index contributed by atoms with van der Waals surface area (Å²) < 4.78 is 5.33. The van der Waals surface area contributed by atoms with Crippen molar-refractivity contribution < 1.29 is 19.2 Å². The van der Waals surface area contributed by atoms with E-state index in [1.165, 1.54) is 5.23 Å². The maximum atomic E-state index is 12.2. The lowest BCUT2D eigenvalue weighted by Crippen LogP contribution is -2.41. The summed E-state index contributed by atoms with van der Waals surface area (Å²) in [6, 6.07) is 16.5. The van der Waals surface area contributed by atoms with E-state index in [-0.39, 0.29) is 12.6 Å². The SMILES string of the molecule is CC1(C)ON(c2ccc(C(=O)OCc3ccccc3)cc2)OC1(C)C. The quantitative estimate of drug-likeness (QED) is 0.777. The molecular formula is C20H23NO4. The largest absolute Gasteiger partial charge is 0.457 e. The van der Waals surface area contributed by atoms with Gasteiger partial charge >= 0.3 is 5.97 Å². The first-order valence-corrected chi connectivity index (χ1v) is 8.28. The van der Waals surface area contributed by atoms with Crippen molar-refractivity contribution in [2.45, 2.75) is 45.5 Å². The van der Waals surface area contributed by atoms with E-state index in [1.54, 1.807) is 24.3 Å². The van der Waals surface area contributed by atoms with E-state index in [4.69, 9.17) is 14.4 Å². The standard InChI is InChI=1S/C20H23NO4/c1-19(2)20(3,4)25-21(24-19)17-12-10-16(11-13-17)18(22)23-14-15-8-6-5-7-9-15/h5-13H,14H2,1-4H3. The number of hydrogen-bond donors (Lipinski definition) is 0. The molecule has 132 valence electrons. The minimum Gasteiger partial charge on any atom is -0.457 e. The number of ether oxygens (including phenoxy) is 1. The molecule has 0 radical (unpaired) electrons. The number of carbonyl (C=O) groups is 1. The monoisotopic (exact) mass is 341 g/mol. The molecule has 1 saturated heterocycles. The van der Waals surface area contributed by atoms with E-state index >= 15 is 0 Å². The number of carbonyl (C=O) groups excluding carboxylic acids is 1. The van der Waals surface area contributed by atoms with Crippen LogP contribution in [0.2, 0.25) is 0 Å². The van der Waals surface area contributed by atoms with Crippen molar-refractivity contribution in [3.8, 4) is 0 Å². The fraction of sp³-hybridized carbons (Fsp3) is 0.350. The molecule has 0 saturated carbocycles. The van der Waals surface area contributed by atoms with Crippen LogP contribution in [0.5, 0.6) is 0 Å². The highest BCUT2D eigenvalue weighted by Gasteiger charge is 2.50. The zero-order valence-electron chi connectivity index (χ0n) is 15.0. The van der Waals surface area contributed by atoms with Crippen LogP contribution in [-0.2, 0) is 21.0 Å². The molecule has 0 unspecified atom stereocenters. The summed E-state index contributed by atoms with van der Waals surface area (Å²) in [5.41, 5.74) is 1.24. The Morgan fingerprint density at radius 2 is 1.48 bits per heavy atom. The maximum absolute atomic E-state index is 12.2. The molecule has 0 spiro atoms. The third kappa shape index (κ3) is 3.67. The van der Waals surface area contributed by atoms with Gasteiger partial charge in [0.2, 0.25) is 0 Å². The molecule has 1 heterocycles. The first-order chi connectivity index (χ1) is 11.8. The van der Waals surface area contributed by atoms with E-state index in [0.717, 1.165) is 11.3 Å². The molecule has 0 N–H and O–H groups in total. The van der Waals surface area contributed by atoms with Gasteiger partial charge in [-0.25, -0.2) is 14.5 Å². The first kappa shape index (κ1) is 17.5. The third-order valence-corrected chi connectivity index (χ3v) is 4.60. The Balaban J connectivity index is 1.63. The summed E-state index contributed by atoms with van der Waals surface area (Å²) in [5.74, 6) is -0.362. The van der Waals surface area contributed by atoms with Crippen LogP contribution in [0.15, 0.2) is 54.6 Å². The van der Waals surface area contributed by atoms with Gasteiger partial charge in [-0.1, -0.05) is 30.3 Å². The lowest BCUT2D eigenvalue weighted by atomic mass is 9.90. The highest BCUT2D eigenvalue weighted by molar-refractivity contribution is 5.89. The van der Waals surface area contributed by atoms with Crippen LogP contribution in [0.25, 0.3) is 0 Å². The number of nitrogens with zero attached hydrogens (tertiary/aromatic N) is 1. The van der Waals surface area contributed by atoms with Crippen molar-refractivity contribution in [2.75, 3.05) is 5.23 Å². The Kier molecular flexibility index (Phi) is 4.54. The van der Waals surface area contributed by atoms with Crippen LogP contribution in [0, 0.1) is 0 Å². The van der Waals surface area contributed by atoms with Gasteiger partial charge in [-0.2, -0.15) is 0 Å². The highest BCUT2D eigenvalue weighted by atomic mass is 17.0. The Hall–Kier alpha value is -2.37. The van der Waals surface area contributed by atoms with Crippen molar-refractivity contribution in [1.82, 2.24) is 0 Å². The summed E-state index contributed by atoms with van der Waals surface area (Å²) >= 11 is 0. The molecule has 2 aromatic carbocycles. The normalized spacial score (nSPS) is 18.2. The van der Waals surface area contributed by atoms with Gasteiger partial charge < -0.3 is 4.74 Å². The fourth-order valence-corrected chi connectivity index (χ4v) is 2.28. The van der Waals surface area contributed by atoms with E-state index in [2.05, 4.69) is 0 Å². The average Bonchev–Trinajstić information content (AvgIpc) is 2.81. The van der Waals surface area contributed by atoms with E-state index in [1.807, 2.05) is 58.0 Å². The summed E-state index contributed by atoms with van der Waals surface area (Å²) in [5, 5.41) is 1.40. The second kappa shape index (κ2) is 6.50. The second-order valence-corrected chi connectivity index (χ2v) is 7.07. The summed E-state index contributed by atoms with van der Waals surface area (Å²) in [4.78, 5) is 23.9. The number of hydrogen-bond acceptors (Lipinski definition) is 5. The van der Waals surface area contributed by atoms with Crippen molar-refractivity contribution >= 4 is 11.7 Å². The second-order valence-electron chi connectivity index (χ2n) is 7.07. The Labute approximate surface area is 148 Å². The average molecular weight is 341 g/mol. The third-order valence-electron chi connectivity index (χ3n) is 4.60. The highest BCUT2D eigenvalue weighted by Crippen LogP contribution is 2.39. The van der Waals surface area contributed by atoms with E-state index in [9.17, 15) is 4.79 Å². The van der Waals surface area contributed by atoms with Gasteiger partial charge in [0.25, 0.3) is 0 Å². The van der Waals surface area contributed by atoms with Crippen molar-refractivity contribution in [1.29, 1.82) is 0 Å². The van der Waals surface area contributed by atoms with E-state index < -0.39 is 11.2 Å². The predicted molar refractivity (Wildman–Crippen MR) is 94.8 cm³/mol. The predicted octanol–water partition coefficient (Wildman–Crippen LogP) is 4.28. The maximum Gasteiger partial charge on any atom is 0.338 e. The molecule has 25 heavy (non-hydrogen) atoms. The topological polar surface area (TPSA) is 48.0 Å². The van der Waals surface area contributed by atoms with Crippen molar-refractivity contribution in [2.24, 2.45) is 0 Å². The summed E-state index contributed by atoms with van der Waals surface area (Å²) in [6.45, 7) is 8.15. The summed E-state index contributed by atoms with van der Waals surface area (Å²) in [7, 11) is 0. The molecule has 1 aliphatic rings. The zero-order valence-corrected chi connectivity index (χ0v) is 15.0. The molecule has 2 aromatic rings. The lowest BCUT2D eigenvalue weighted by Gasteiger charge is -2.26. The molecule has 1 aliphatic heterocycles. The van der Waals surface area contributed by atoms with Crippen LogP contribution < -0.4 is 5.23 Å². The van der Waals surface area contributed by atoms with E-state index in [0.29, 0.717) is 5.56 Å². The van der Waals surface area contributed by atoms with Gasteiger partial charge in [0.15, 0.2) is 0 Å². The molecule has 0 bridgehead atoms. The van der Waals surface area contributed by atoms with Gasteiger partial charge in [0.05, 0.1) is 11.3 Å². The number of esters is 1. The van der Waals surface area contributed by atoms with Crippen LogP contribution in [0.4, 0.5) is 5.69 Å². The molecule has 3 rings (SSSR count). The summed E-state index contributed by atoms with van der Waals surface area (Å²) in [6.07, 6.45) is 0. The number of rotatable bonds is 4. The Bertz CT molecular complexity index is 722. The smallest absolute Gasteiger partial charge is 0.338 e. The molecule has 0 aromatic heterocycles. The van der Waals surface area contributed by atoms with Crippen LogP contribution >= 0.6 is 0 Å². The number of benzene rings is 2. The molecule has 0 amide bonds. The lowest BCUT2D eigenvalue weighted by molar-refractivity contribution is -0.0273. The molecule has 1 fully saturated rings. The van der Waals surface area contributed by atoms with Crippen LogP contribution in [0.3, 0.4) is 0 Å².